The van der Waals surface area contributed by atoms with Crippen LogP contribution in [0.3, 0.4) is 0 Å². The van der Waals surface area contributed by atoms with Crippen LogP contribution in [0.2, 0.25) is 0 Å². The Kier molecular flexibility index (Phi) is 6.09. The van der Waals surface area contributed by atoms with E-state index in [2.05, 4.69) is 50.4 Å². The summed E-state index contributed by atoms with van der Waals surface area (Å²) in [5.74, 6) is 1.59. The van der Waals surface area contributed by atoms with Gasteiger partial charge in [-0.05, 0) is 48.8 Å². The van der Waals surface area contributed by atoms with Crippen LogP contribution in [0, 0.1) is 5.92 Å². The minimum atomic E-state index is 0.528. The van der Waals surface area contributed by atoms with Crippen LogP contribution in [-0.4, -0.2) is 6.54 Å². The van der Waals surface area contributed by atoms with Crippen molar-refractivity contribution in [1.82, 2.24) is 5.32 Å². The Hall–Kier alpha value is -0.820. The van der Waals surface area contributed by atoms with Crippen molar-refractivity contribution in [2.75, 3.05) is 6.54 Å². The van der Waals surface area contributed by atoms with Gasteiger partial charge in [0.05, 0.1) is 0 Å². The summed E-state index contributed by atoms with van der Waals surface area (Å²) in [7, 11) is 0. The second kappa shape index (κ2) is 7.83. The van der Waals surface area contributed by atoms with Gasteiger partial charge < -0.3 is 5.32 Å². The molecule has 0 bridgehead atoms. The zero-order valence-corrected chi connectivity index (χ0v) is 13.5. The van der Waals surface area contributed by atoms with Gasteiger partial charge in [-0.1, -0.05) is 64.3 Å². The zero-order valence-electron chi connectivity index (χ0n) is 13.5. The molecule has 0 spiro atoms. The van der Waals surface area contributed by atoms with E-state index in [1.807, 2.05) is 0 Å². The van der Waals surface area contributed by atoms with Crippen molar-refractivity contribution in [1.29, 1.82) is 0 Å². The smallest absolute Gasteiger partial charge is 0.0348 e. The van der Waals surface area contributed by atoms with Gasteiger partial charge in [0.1, 0.15) is 0 Å². The molecule has 1 fully saturated rings. The maximum atomic E-state index is 3.76. The Balaban J connectivity index is 2.09. The highest BCUT2D eigenvalue weighted by molar-refractivity contribution is 5.28. The topological polar surface area (TPSA) is 12.0 Å². The van der Waals surface area contributed by atoms with Gasteiger partial charge in [0, 0.05) is 6.04 Å². The molecule has 0 amide bonds. The third-order valence-corrected chi connectivity index (χ3v) is 5.01. The molecule has 0 radical (unpaired) electrons. The molecule has 1 unspecified atom stereocenters. The molecule has 1 aliphatic rings. The molecule has 20 heavy (non-hydrogen) atoms. The molecule has 1 atom stereocenters. The zero-order chi connectivity index (χ0) is 14.4. The van der Waals surface area contributed by atoms with Crippen LogP contribution in [0.4, 0.5) is 0 Å². The second-order valence-corrected chi connectivity index (χ2v) is 6.30. The molecular formula is C19H31N. The fraction of sp³-hybridized carbons (Fsp3) is 0.684. The Morgan fingerprint density at radius 2 is 1.70 bits per heavy atom. The van der Waals surface area contributed by atoms with Crippen LogP contribution >= 0.6 is 0 Å². The van der Waals surface area contributed by atoms with Crippen LogP contribution in [0.25, 0.3) is 0 Å². The van der Waals surface area contributed by atoms with Gasteiger partial charge in [-0.2, -0.15) is 0 Å². The lowest BCUT2D eigenvalue weighted by molar-refractivity contribution is 0.341. The summed E-state index contributed by atoms with van der Waals surface area (Å²) in [5, 5.41) is 3.76. The van der Waals surface area contributed by atoms with E-state index in [0.717, 1.165) is 18.4 Å². The predicted octanol–water partition coefficient (Wildman–Crippen LogP) is 5.43. The van der Waals surface area contributed by atoms with Gasteiger partial charge in [-0.3, -0.25) is 0 Å². The number of benzene rings is 1. The monoisotopic (exact) mass is 273 g/mol. The van der Waals surface area contributed by atoms with E-state index in [1.54, 1.807) is 5.56 Å². The molecule has 1 N–H and O–H groups in total. The van der Waals surface area contributed by atoms with Crippen molar-refractivity contribution >= 4 is 0 Å². The average molecular weight is 273 g/mol. The van der Waals surface area contributed by atoms with E-state index >= 15 is 0 Å². The Morgan fingerprint density at radius 1 is 1.05 bits per heavy atom. The first kappa shape index (κ1) is 15.6. The van der Waals surface area contributed by atoms with E-state index in [9.17, 15) is 0 Å². The Morgan fingerprint density at radius 3 is 2.15 bits per heavy atom. The fourth-order valence-electron chi connectivity index (χ4n) is 3.33. The maximum absolute atomic E-state index is 3.76. The van der Waals surface area contributed by atoms with Crippen LogP contribution in [-0.2, 0) is 0 Å². The van der Waals surface area contributed by atoms with E-state index in [4.69, 9.17) is 0 Å². The van der Waals surface area contributed by atoms with Crippen LogP contribution in [0.15, 0.2) is 24.3 Å². The second-order valence-electron chi connectivity index (χ2n) is 6.30. The van der Waals surface area contributed by atoms with E-state index in [1.165, 1.54) is 44.1 Å². The normalized spacial score (nSPS) is 17.2. The van der Waals surface area contributed by atoms with Crippen LogP contribution < -0.4 is 5.32 Å². The summed E-state index contributed by atoms with van der Waals surface area (Å²) in [6.07, 6.45) is 7.91. The Bertz CT molecular complexity index is 373. The molecule has 1 heteroatoms. The SMILES string of the molecule is CCCNC(c1ccc(C2CCC2)cc1)C(CC)CC. The van der Waals surface area contributed by atoms with E-state index < -0.39 is 0 Å². The summed E-state index contributed by atoms with van der Waals surface area (Å²) in [5.41, 5.74) is 3.04. The summed E-state index contributed by atoms with van der Waals surface area (Å²) < 4.78 is 0. The van der Waals surface area contributed by atoms with E-state index in [-0.39, 0.29) is 0 Å². The molecule has 1 aromatic carbocycles. The lowest BCUT2D eigenvalue weighted by Gasteiger charge is -2.29. The third-order valence-electron chi connectivity index (χ3n) is 5.01. The highest BCUT2D eigenvalue weighted by atomic mass is 14.9. The van der Waals surface area contributed by atoms with Gasteiger partial charge in [0.15, 0.2) is 0 Å². The van der Waals surface area contributed by atoms with Gasteiger partial charge in [0.2, 0.25) is 0 Å². The van der Waals surface area contributed by atoms with Crippen molar-refractivity contribution in [3.8, 4) is 0 Å². The van der Waals surface area contributed by atoms with Crippen LogP contribution in [0.5, 0.6) is 0 Å². The van der Waals surface area contributed by atoms with Crippen molar-refractivity contribution in [3.05, 3.63) is 35.4 Å². The highest BCUT2D eigenvalue weighted by Crippen LogP contribution is 2.37. The van der Waals surface area contributed by atoms with E-state index in [0.29, 0.717) is 6.04 Å². The lowest BCUT2D eigenvalue weighted by Crippen LogP contribution is -2.28. The molecule has 1 nitrogen and oxygen atoms in total. The minimum Gasteiger partial charge on any atom is -0.310 e. The fourth-order valence-corrected chi connectivity index (χ4v) is 3.33. The first-order chi connectivity index (χ1) is 9.80. The molecular weight excluding hydrogens is 242 g/mol. The summed E-state index contributed by atoms with van der Waals surface area (Å²) >= 11 is 0. The molecule has 0 aromatic heterocycles. The minimum absolute atomic E-state index is 0.528. The number of hydrogen-bond donors (Lipinski definition) is 1. The van der Waals surface area contributed by atoms with Crippen LogP contribution in [0.1, 0.15) is 82.4 Å². The number of nitrogens with one attached hydrogen (secondary N) is 1. The predicted molar refractivity (Wildman–Crippen MR) is 88.1 cm³/mol. The summed E-state index contributed by atoms with van der Waals surface area (Å²) in [6.45, 7) is 8.00. The average Bonchev–Trinajstić information content (AvgIpc) is 2.43. The molecule has 1 aromatic rings. The largest absolute Gasteiger partial charge is 0.310 e. The standard InChI is InChI=1S/C19H31N/c1-4-14-20-19(15(5-2)6-3)18-12-10-17(11-13-18)16-8-7-9-16/h10-13,15-16,19-20H,4-9,14H2,1-3H3. The molecule has 112 valence electrons. The molecule has 0 heterocycles. The van der Waals surface area contributed by atoms with Gasteiger partial charge >= 0.3 is 0 Å². The summed E-state index contributed by atoms with van der Waals surface area (Å²) in [4.78, 5) is 0. The lowest BCUT2D eigenvalue weighted by atomic mass is 9.79. The maximum Gasteiger partial charge on any atom is 0.0348 e. The molecule has 2 rings (SSSR count). The molecule has 1 saturated carbocycles. The first-order valence-electron chi connectivity index (χ1n) is 8.63. The van der Waals surface area contributed by atoms with Gasteiger partial charge in [-0.25, -0.2) is 0 Å². The number of rotatable bonds is 8. The summed E-state index contributed by atoms with van der Waals surface area (Å²) in [6, 6.07) is 10.0. The van der Waals surface area contributed by atoms with Crippen molar-refractivity contribution < 1.29 is 0 Å². The Labute approximate surface area is 125 Å². The molecule has 0 aliphatic heterocycles. The van der Waals surface area contributed by atoms with Crippen molar-refractivity contribution in [2.24, 2.45) is 5.92 Å². The van der Waals surface area contributed by atoms with Gasteiger partial charge in [-0.15, -0.1) is 0 Å². The molecule has 0 saturated heterocycles. The third kappa shape index (κ3) is 3.63. The van der Waals surface area contributed by atoms with Crippen molar-refractivity contribution in [3.63, 3.8) is 0 Å². The highest BCUT2D eigenvalue weighted by Gasteiger charge is 2.22. The first-order valence-corrected chi connectivity index (χ1v) is 8.63. The van der Waals surface area contributed by atoms with Gasteiger partial charge in [0.25, 0.3) is 0 Å². The van der Waals surface area contributed by atoms with Crippen molar-refractivity contribution in [2.45, 2.75) is 71.3 Å². The quantitative estimate of drug-likeness (QED) is 0.666. The number of hydrogen-bond acceptors (Lipinski definition) is 1. The molecule has 1 aliphatic carbocycles.